The first kappa shape index (κ1) is 16.5. The predicted octanol–water partition coefficient (Wildman–Crippen LogP) is 3.82. The number of anilines is 1. The number of benzene rings is 1. The summed E-state index contributed by atoms with van der Waals surface area (Å²) in [6.07, 6.45) is 0.886. The first-order valence-corrected chi connectivity index (χ1v) is 8.10. The second-order valence-electron chi connectivity index (χ2n) is 4.75. The number of esters is 1. The molecule has 0 aliphatic rings. The smallest absolute Gasteiger partial charge is 0.306 e. The minimum Gasteiger partial charge on any atom is -0.456 e. The second kappa shape index (κ2) is 7.96. The normalized spacial score (nSPS) is 10.3. The highest BCUT2D eigenvalue weighted by Gasteiger charge is 2.10. The van der Waals surface area contributed by atoms with Gasteiger partial charge in [0.05, 0.1) is 0 Å². The number of thiophene rings is 1. The fourth-order valence-electron chi connectivity index (χ4n) is 1.83. The van der Waals surface area contributed by atoms with Crippen molar-refractivity contribution >= 4 is 40.5 Å². The molecule has 0 aliphatic heterocycles. The van der Waals surface area contributed by atoms with Crippen LogP contribution < -0.4 is 5.32 Å². The van der Waals surface area contributed by atoms with E-state index in [-0.39, 0.29) is 24.9 Å². The Kier molecular flexibility index (Phi) is 5.98. The molecule has 6 heteroatoms. The molecule has 1 heterocycles. The van der Waals surface area contributed by atoms with Crippen LogP contribution in [0.25, 0.3) is 0 Å². The predicted molar refractivity (Wildman–Crippen MR) is 88.4 cm³/mol. The summed E-state index contributed by atoms with van der Waals surface area (Å²) in [5, 5.41) is 7.20. The molecule has 0 saturated heterocycles. The number of ether oxygens (including phenoxy) is 1. The van der Waals surface area contributed by atoms with Crippen molar-refractivity contribution < 1.29 is 14.3 Å². The maximum Gasteiger partial charge on any atom is 0.306 e. The molecule has 0 radical (unpaired) electrons. The third-order valence-electron chi connectivity index (χ3n) is 3.10. The maximum absolute atomic E-state index is 11.8. The standard InChI is InChI=1S/C16H16ClNO3S/c1-11-13(17)3-2-4-14(11)18-15(19)9-21-16(20)6-5-12-7-8-22-10-12/h2-4,7-8,10H,5-6,9H2,1H3,(H,18,19). The minimum absolute atomic E-state index is 0.264. The number of hydrogen-bond acceptors (Lipinski definition) is 4. The van der Waals surface area contributed by atoms with Crippen LogP contribution >= 0.6 is 22.9 Å². The largest absolute Gasteiger partial charge is 0.456 e. The summed E-state index contributed by atoms with van der Waals surface area (Å²) in [4.78, 5) is 23.4. The van der Waals surface area contributed by atoms with Crippen molar-refractivity contribution in [2.24, 2.45) is 0 Å². The first-order valence-electron chi connectivity index (χ1n) is 6.78. The number of halogens is 1. The Hall–Kier alpha value is -1.85. The zero-order valence-electron chi connectivity index (χ0n) is 12.1. The van der Waals surface area contributed by atoms with Gasteiger partial charge in [0.2, 0.25) is 0 Å². The van der Waals surface area contributed by atoms with E-state index in [1.165, 1.54) is 0 Å². The van der Waals surface area contributed by atoms with Crippen LogP contribution in [0.5, 0.6) is 0 Å². The zero-order chi connectivity index (χ0) is 15.9. The van der Waals surface area contributed by atoms with Crippen molar-refractivity contribution in [1.82, 2.24) is 0 Å². The van der Waals surface area contributed by atoms with Crippen LogP contribution in [0.1, 0.15) is 17.5 Å². The molecule has 1 aromatic heterocycles. The molecule has 2 rings (SSSR count). The Balaban J connectivity index is 1.75. The molecule has 1 N–H and O–H groups in total. The Labute approximate surface area is 138 Å². The fraction of sp³-hybridized carbons (Fsp3) is 0.250. The van der Waals surface area contributed by atoms with Gasteiger partial charge in [0.15, 0.2) is 6.61 Å². The van der Waals surface area contributed by atoms with Crippen molar-refractivity contribution in [3.8, 4) is 0 Å². The van der Waals surface area contributed by atoms with E-state index in [1.54, 1.807) is 29.5 Å². The molecule has 0 aliphatic carbocycles. The molecule has 2 aromatic rings. The van der Waals surface area contributed by atoms with Crippen molar-refractivity contribution in [2.45, 2.75) is 19.8 Å². The molecule has 0 saturated carbocycles. The van der Waals surface area contributed by atoms with Gasteiger partial charge in [-0.1, -0.05) is 17.7 Å². The quantitative estimate of drug-likeness (QED) is 0.815. The minimum atomic E-state index is -0.385. The zero-order valence-corrected chi connectivity index (χ0v) is 13.7. The van der Waals surface area contributed by atoms with Gasteiger partial charge in [-0.3, -0.25) is 9.59 Å². The van der Waals surface area contributed by atoms with Crippen LogP contribution in [0.4, 0.5) is 5.69 Å². The summed E-state index contributed by atoms with van der Waals surface area (Å²) >= 11 is 7.57. The molecule has 0 unspecified atom stereocenters. The third-order valence-corrected chi connectivity index (χ3v) is 4.25. The van der Waals surface area contributed by atoms with Crippen LogP contribution in [-0.4, -0.2) is 18.5 Å². The van der Waals surface area contributed by atoms with E-state index in [4.69, 9.17) is 16.3 Å². The highest BCUT2D eigenvalue weighted by molar-refractivity contribution is 7.07. The third kappa shape index (κ3) is 4.86. The molecule has 0 spiro atoms. The number of carbonyl (C=O) groups is 2. The van der Waals surface area contributed by atoms with Gasteiger partial charge in [0.1, 0.15) is 0 Å². The van der Waals surface area contributed by atoms with E-state index >= 15 is 0 Å². The molecule has 1 amide bonds. The number of carbonyl (C=O) groups excluding carboxylic acids is 2. The van der Waals surface area contributed by atoms with Crippen LogP contribution in [-0.2, 0) is 20.7 Å². The summed E-state index contributed by atoms with van der Waals surface area (Å²) in [5.74, 6) is -0.765. The first-order chi connectivity index (χ1) is 10.6. The van der Waals surface area contributed by atoms with Gasteiger partial charge < -0.3 is 10.1 Å². The molecule has 116 valence electrons. The monoisotopic (exact) mass is 337 g/mol. The fourth-order valence-corrected chi connectivity index (χ4v) is 2.71. The van der Waals surface area contributed by atoms with Crippen molar-refractivity contribution in [3.63, 3.8) is 0 Å². The van der Waals surface area contributed by atoms with Crippen LogP contribution in [0.2, 0.25) is 5.02 Å². The van der Waals surface area contributed by atoms with E-state index in [0.29, 0.717) is 17.1 Å². The number of rotatable bonds is 6. The van der Waals surface area contributed by atoms with Crippen LogP contribution in [0.15, 0.2) is 35.0 Å². The molecule has 0 bridgehead atoms. The van der Waals surface area contributed by atoms with E-state index in [0.717, 1.165) is 11.1 Å². The van der Waals surface area contributed by atoms with E-state index in [1.807, 2.05) is 23.8 Å². The van der Waals surface area contributed by atoms with Gasteiger partial charge in [-0.15, -0.1) is 0 Å². The van der Waals surface area contributed by atoms with Gasteiger partial charge in [-0.05, 0) is 53.4 Å². The summed E-state index contributed by atoms with van der Waals surface area (Å²) in [6.45, 7) is 1.51. The van der Waals surface area contributed by atoms with E-state index in [9.17, 15) is 9.59 Å². The lowest BCUT2D eigenvalue weighted by Crippen LogP contribution is -2.21. The molecule has 0 atom stereocenters. The van der Waals surface area contributed by atoms with Crippen molar-refractivity contribution in [1.29, 1.82) is 0 Å². The number of hydrogen-bond donors (Lipinski definition) is 1. The van der Waals surface area contributed by atoms with Gasteiger partial charge in [-0.2, -0.15) is 11.3 Å². The van der Waals surface area contributed by atoms with E-state index in [2.05, 4.69) is 5.32 Å². The molecular formula is C16H16ClNO3S. The highest BCUT2D eigenvalue weighted by Crippen LogP contribution is 2.22. The Bertz CT molecular complexity index is 655. The maximum atomic E-state index is 11.8. The Morgan fingerprint density at radius 2 is 2.14 bits per heavy atom. The Morgan fingerprint density at radius 1 is 1.32 bits per heavy atom. The van der Waals surface area contributed by atoms with Crippen LogP contribution in [0, 0.1) is 6.92 Å². The van der Waals surface area contributed by atoms with Crippen molar-refractivity contribution in [3.05, 3.63) is 51.2 Å². The average molecular weight is 338 g/mol. The van der Waals surface area contributed by atoms with Gasteiger partial charge >= 0.3 is 5.97 Å². The molecular weight excluding hydrogens is 322 g/mol. The molecule has 1 aromatic carbocycles. The van der Waals surface area contributed by atoms with Crippen molar-refractivity contribution in [2.75, 3.05) is 11.9 Å². The highest BCUT2D eigenvalue weighted by atomic mass is 35.5. The van der Waals surface area contributed by atoms with Gasteiger partial charge in [0, 0.05) is 17.1 Å². The van der Waals surface area contributed by atoms with Crippen LogP contribution in [0.3, 0.4) is 0 Å². The summed E-state index contributed by atoms with van der Waals surface area (Å²) in [7, 11) is 0. The summed E-state index contributed by atoms with van der Waals surface area (Å²) in [6, 6.07) is 7.21. The lowest BCUT2D eigenvalue weighted by atomic mass is 10.2. The van der Waals surface area contributed by atoms with Gasteiger partial charge in [-0.25, -0.2) is 0 Å². The molecule has 4 nitrogen and oxygen atoms in total. The summed E-state index contributed by atoms with van der Waals surface area (Å²) < 4.78 is 4.96. The second-order valence-corrected chi connectivity index (χ2v) is 5.94. The molecule has 0 fully saturated rings. The SMILES string of the molecule is Cc1c(Cl)cccc1NC(=O)COC(=O)CCc1ccsc1. The van der Waals surface area contributed by atoms with Gasteiger partial charge in [0.25, 0.3) is 5.91 Å². The molecule has 22 heavy (non-hydrogen) atoms. The lowest BCUT2D eigenvalue weighted by Gasteiger charge is -2.09. The number of aryl methyl sites for hydroxylation is 1. The van der Waals surface area contributed by atoms with E-state index < -0.39 is 0 Å². The average Bonchev–Trinajstić information content (AvgIpc) is 3.01. The Morgan fingerprint density at radius 3 is 2.86 bits per heavy atom. The lowest BCUT2D eigenvalue weighted by molar-refractivity contribution is -0.147. The topological polar surface area (TPSA) is 55.4 Å². The number of amides is 1. The summed E-state index contributed by atoms with van der Waals surface area (Å²) in [5.41, 5.74) is 2.49. The number of nitrogens with one attached hydrogen (secondary N) is 1.